The first-order chi connectivity index (χ1) is 9.11. The molecule has 1 saturated heterocycles. The van der Waals surface area contributed by atoms with Crippen molar-refractivity contribution in [3.63, 3.8) is 0 Å². The van der Waals surface area contributed by atoms with E-state index in [1.165, 1.54) is 12.1 Å². The van der Waals surface area contributed by atoms with Gasteiger partial charge in [-0.25, -0.2) is 4.39 Å². The molecule has 1 heterocycles. The van der Waals surface area contributed by atoms with Crippen LogP contribution in [0.4, 0.5) is 4.39 Å². The topological polar surface area (TPSA) is 29.5 Å². The van der Waals surface area contributed by atoms with Crippen LogP contribution in [0.3, 0.4) is 0 Å². The Hall–Kier alpha value is -0.690. The van der Waals surface area contributed by atoms with Gasteiger partial charge in [0.1, 0.15) is 5.82 Å². The molecule has 1 aliphatic rings. The van der Waals surface area contributed by atoms with Crippen molar-refractivity contribution in [1.29, 1.82) is 0 Å². The van der Waals surface area contributed by atoms with E-state index < -0.39 is 0 Å². The van der Waals surface area contributed by atoms with E-state index in [0.717, 1.165) is 32.5 Å². The zero-order chi connectivity index (χ0) is 13.8. The van der Waals surface area contributed by atoms with E-state index in [2.05, 4.69) is 0 Å². The molecule has 0 saturated carbocycles. The monoisotopic (exact) mass is 377 g/mol. The fraction of sp³-hybridized carbons (Fsp3) is 0.500. The highest BCUT2D eigenvalue weighted by Crippen LogP contribution is 2.21. The van der Waals surface area contributed by atoms with Crippen molar-refractivity contribution in [3.8, 4) is 0 Å². The Balaban J connectivity index is 2.01. The van der Waals surface area contributed by atoms with Gasteiger partial charge >= 0.3 is 0 Å². The van der Waals surface area contributed by atoms with Crippen LogP contribution in [-0.2, 0) is 4.74 Å². The molecule has 5 heteroatoms. The zero-order valence-electron chi connectivity index (χ0n) is 10.9. The number of piperidine rings is 1. The number of likely N-dealkylation sites (tertiary alicyclic amines) is 1. The van der Waals surface area contributed by atoms with Crippen molar-refractivity contribution in [2.45, 2.75) is 12.8 Å². The molecule has 0 aromatic heterocycles. The van der Waals surface area contributed by atoms with E-state index >= 15 is 0 Å². The second-order valence-corrected chi connectivity index (χ2v) is 5.98. The Labute approximate surface area is 126 Å². The van der Waals surface area contributed by atoms with Crippen molar-refractivity contribution in [2.75, 3.05) is 26.8 Å². The molecule has 1 aromatic carbocycles. The molecular formula is C14H17FINO2. The van der Waals surface area contributed by atoms with E-state index in [-0.39, 0.29) is 11.7 Å². The van der Waals surface area contributed by atoms with Crippen LogP contribution in [-0.4, -0.2) is 37.6 Å². The third-order valence-electron chi connectivity index (χ3n) is 3.47. The molecule has 104 valence electrons. The SMILES string of the molecule is COCC1CCN(C(=O)c2ccc(F)cc2I)CC1. The molecule has 0 N–H and O–H groups in total. The van der Waals surface area contributed by atoms with E-state index in [1.54, 1.807) is 13.2 Å². The summed E-state index contributed by atoms with van der Waals surface area (Å²) in [6.07, 6.45) is 1.94. The molecule has 1 amide bonds. The fourth-order valence-electron chi connectivity index (χ4n) is 2.37. The predicted octanol–water partition coefficient (Wildman–Crippen LogP) is 2.93. The molecule has 0 aliphatic carbocycles. The fourth-order valence-corrected chi connectivity index (χ4v) is 3.08. The van der Waals surface area contributed by atoms with Gasteiger partial charge in [0.15, 0.2) is 0 Å². The Kier molecular flexibility index (Phi) is 5.15. The maximum Gasteiger partial charge on any atom is 0.254 e. The lowest BCUT2D eigenvalue weighted by molar-refractivity contribution is 0.0612. The lowest BCUT2D eigenvalue weighted by Crippen LogP contribution is -2.39. The Bertz CT molecular complexity index is 459. The highest BCUT2D eigenvalue weighted by atomic mass is 127. The number of hydrogen-bond donors (Lipinski definition) is 0. The minimum Gasteiger partial charge on any atom is -0.384 e. The van der Waals surface area contributed by atoms with Crippen LogP contribution < -0.4 is 0 Å². The molecule has 3 nitrogen and oxygen atoms in total. The minimum atomic E-state index is -0.306. The van der Waals surface area contributed by atoms with Crippen molar-refractivity contribution in [1.82, 2.24) is 4.90 Å². The minimum absolute atomic E-state index is 0.000247. The van der Waals surface area contributed by atoms with Crippen molar-refractivity contribution in [3.05, 3.63) is 33.1 Å². The number of amides is 1. The molecule has 0 atom stereocenters. The summed E-state index contributed by atoms with van der Waals surface area (Å²) in [5.74, 6) is 0.237. The molecule has 1 fully saturated rings. The van der Waals surface area contributed by atoms with Crippen LogP contribution in [0.5, 0.6) is 0 Å². The van der Waals surface area contributed by atoms with Crippen LogP contribution in [0.25, 0.3) is 0 Å². The molecule has 0 radical (unpaired) electrons. The normalized spacial score (nSPS) is 16.7. The maximum atomic E-state index is 13.0. The van der Waals surface area contributed by atoms with Gasteiger partial charge in [0, 0.05) is 30.4 Å². The van der Waals surface area contributed by atoms with Crippen LogP contribution >= 0.6 is 22.6 Å². The van der Waals surface area contributed by atoms with Gasteiger partial charge in [0.25, 0.3) is 5.91 Å². The second-order valence-electron chi connectivity index (χ2n) is 4.82. The van der Waals surface area contributed by atoms with Crippen molar-refractivity contribution < 1.29 is 13.9 Å². The molecule has 2 rings (SSSR count). The molecule has 1 aromatic rings. The first-order valence-corrected chi connectivity index (χ1v) is 7.43. The summed E-state index contributed by atoms with van der Waals surface area (Å²) in [6, 6.07) is 4.30. The number of carbonyl (C=O) groups is 1. The van der Waals surface area contributed by atoms with Crippen LogP contribution in [0.1, 0.15) is 23.2 Å². The van der Waals surface area contributed by atoms with Crippen LogP contribution in [0.15, 0.2) is 18.2 Å². The lowest BCUT2D eigenvalue weighted by atomic mass is 9.97. The molecule has 19 heavy (non-hydrogen) atoms. The quantitative estimate of drug-likeness (QED) is 0.759. The van der Waals surface area contributed by atoms with E-state index in [9.17, 15) is 9.18 Å². The van der Waals surface area contributed by atoms with Gasteiger partial charge < -0.3 is 9.64 Å². The summed E-state index contributed by atoms with van der Waals surface area (Å²) in [4.78, 5) is 14.2. The molecule has 0 unspecified atom stereocenters. The van der Waals surface area contributed by atoms with Crippen LogP contribution in [0, 0.1) is 15.3 Å². The summed E-state index contributed by atoms with van der Waals surface area (Å²) in [6.45, 7) is 2.26. The van der Waals surface area contributed by atoms with E-state index in [4.69, 9.17) is 4.74 Å². The van der Waals surface area contributed by atoms with Crippen molar-refractivity contribution >= 4 is 28.5 Å². The van der Waals surface area contributed by atoms with Gasteiger partial charge in [-0.1, -0.05) is 0 Å². The third-order valence-corrected chi connectivity index (χ3v) is 4.36. The van der Waals surface area contributed by atoms with E-state index in [1.807, 2.05) is 27.5 Å². The largest absolute Gasteiger partial charge is 0.384 e. The number of nitrogens with zero attached hydrogens (tertiary/aromatic N) is 1. The number of halogens is 2. The molecular weight excluding hydrogens is 360 g/mol. The summed E-state index contributed by atoms with van der Waals surface area (Å²) in [5.41, 5.74) is 0.590. The van der Waals surface area contributed by atoms with Gasteiger partial charge in [0.05, 0.1) is 5.56 Å². The predicted molar refractivity (Wildman–Crippen MR) is 79.6 cm³/mol. The summed E-state index contributed by atoms with van der Waals surface area (Å²) in [5, 5.41) is 0. The number of hydrogen-bond acceptors (Lipinski definition) is 2. The lowest BCUT2D eigenvalue weighted by Gasteiger charge is -2.31. The van der Waals surface area contributed by atoms with Gasteiger partial charge in [-0.3, -0.25) is 4.79 Å². The average molecular weight is 377 g/mol. The smallest absolute Gasteiger partial charge is 0.254 e. The zero-order valence-corrected chi connectivity index (χ0v) is 13.0. The third kappa shape index (κ3) is 3.66. The molecule has 0 bridgehead atoms. The van der Waals surface area contributed by atoms with Crippen molar-refractivity contribution in [2.24, 2.45) is 5.92 Å². The summed E-state index contributed by atoms with van der Waals surface area (Å²) in [7, 11) is 1.71. The highest BCUT2D eigenvalue weighted by molar-refractivity contribution is 14.1. The van der Waals surface area contributed by atoms with Gasteiger partial charge in [-0.05, 0) is 59.5 Å². The first kappa shape index (κ1) is 14.7. The van der Waals surface area contributed by atoms with Gasteiger partial charge in [-0.2, -0.15) is 0 Å². The average Bonchev–Trinajstić information content (AvgIpc) is 2.39. The molecule has 1 aliphatic heterocycles. The Morgan fingerprint density at radius 2 is 2.16 bits per heavy atom. The Morgan fingerprint density at radius 3 is 2.74 bits per heavy atom. The number of carbonyl (C=O) groups excluding carboxylic acids is 1. The molecule has 0 spiro atoms. The highest BCUT2D eigenvalue weighted by Gasteiger charge is 2.24. The standard InChI is InChI=1S/C14H17FINO2/c1-19-9-10-4-6-17(7-5-10)14(18)12-3-2-11(15)8-13(12)16/h2-3,8,10H,4-7,9H2,1H3. The number of ether oxygens (including phenoxy) is 1. The number of rotatable bonds is 3. The van der Waals surface area contributed by atoms with E-state index in [0.29, 0.717) is 15.1 Å². The first-order valence-electron chi connectivity index (χ1n) is 6.35. The summed E-state index contributed by atoms with van der Waals surface area (Å²) >= 11 is 2.01. The van der Waals surface area contributed by atoms with Crippen LogP contribution in [0.2, 0.25) is 0 Å². The van der Waals surface area contributed by atoms with Gasteiger partial charge in [0.2, 0.25) is 0 Å². The second kappa shape index (κ2) is 6.65. The maximum absolute atomic E-state index is 13.0. The number of methoxy groups -OCH3 is 1. The Morgan fingerprint density at radius 1 is 1.47 bits per heavy atom. The number of benzene rings is 1. The van der Waals surface area contributed by atoms with Gasteiger partial charge in [-0.15, -0.1) is 0 Å². The summed E-state index contributed by atoms with van der Waals surface area (Å²) < 4.78 is 18.9.